The van der Waals surface area contributed by atoms with Gasteiger partial charge in [-0.2, -0.15) is 0 Å². The molecule has 0 saturated carbocycles. The number of aromatic nitrogens is 3. The van der Waals surface area contributed by atoms with Crippen LogP contribution in [-0.4, -0.2) is 15.0 Å². The van der Waals surface area contributed by atoms with Crippen molar-refractivity contribution < 1.29 is 0 Å². The lowest BCUT2D eigenvalue weighted by molar-refractivity contribution is 0.563. The van der Waals surface area contributed by atoms with Crippen LogP contribution in [0.1, 0.15) is 47.2 Å². The third-order valence-electron chi connectivity index (χ3n) is 13.4. The Morgan fingerprint density at radius 1 is 0.274 bits per heavy atom. The maximum absolute atomic E-state index is 5.04. The van der Waals surface area contributed by atoms with E-state index in [1.807, 2.05) is 60.7 Å². The number of fused-ring (bicyclic) bond motifs is 10. The average Bonchev–Trinajstić information content (AvgIpc) is 3.63. The molecule has 3 heteroatoms. The Morgan fingerprint density at radius 2 is 0.677 bits per heavy atom. The van der Waals surface area contributed by atoms with E-state index >= 15 is 0 Å². The smallest absolute Gasteiger partial charge is 0.164 e. The highest BCUT2D eigenvalue weighted by Gasteiger charge is 2.53. The van der Waals surface area contributed by atoms with Crippen LogP contribution in [0.2, 0.25) is 0 Å². The van der Waals surface area contributed by atoms with Crippen molar-refractivity contribution >= 4 is 10.8 Å². The van der Waals surface area contributed by atoms with Gasteiger partial charge in [-0.3, -0.25) is 0 Å². The molecule has 12 rings (SSSR count). The number of nitrogens with zero attached hydrogens (tertiary/aromatic N) is 3. The van der Waals surface area contributed by atoms with E-state index in [-0.39, 0.29) is 5.41 Å². The quantitative estimate of drug-likeness (QED) is 0.174. The Hall–Kier alpha value is -7.75. The summed E-state index contributed by atoms with van der Waals surface area (Å²) in [5.74, 6) is 1.94. The molecule has 0 N–H and O–H groups in total. The van der Waals surface area contributed by atoms with Crippen LogP contribution >= 0.6 is 0 Å². The van der Waals surface area contributed by atoms with Crippen molar-refractivity contribution in [3.05, 3.63) is 246 Å². The molecule has 0 aliphatic heterocycles. The molecule has 0 saturated heterocycles. The van der Waals surface area contributed by atoms with Gasteiger partial charge in [-0.25, -0.2) is 15.0 Å². The van der Waals surface area contributed by atoms with Gasteiger partial charge in [0, 0.05) is 22.1 Å². The first-order valence-electron chi connectivity index (χ1n) is 21.4. The van der Waals surface area contributed by atoms with Gasteiger partial charge in [-0.15, -0.1) is 0 Å². The predicted octanol–water partition coefficient (Wildman–Crippen LogP) is 14.4. The Bertz CT molecular complexity index is 3280. The van der Waals surface area contributed by atoms with Crippen molar-refractivity contribution in [2.75, 3.05) is 0 Å². The normalized spacial score (nSPS) is 13.9. The molecule has 2 aliphatic carbocycles. The maximum atomic E-state index is 5.04. The molecule has 0 bridgehead atoms. The Labute approximate surface area is 362 Å². The molecule has 3 nitrogen and oxygen atoms in total. The number of hydrogen-bond donors (Lipinski definition) is 0. The third-order valence-corrected chi connectivity index (χ3v) is 13.4. The molecular formula is C59H41N3. The Morgan fingerprint density at radius 3 is 1.26 bits per heavy atom. The highest BCUT2D eigenvalue weighted by atomic mass is 15.0. The molecule has 0 radical (unpaired) electrons. The molecule has 1 aromatic heterocycles. The van der Waals surface area contributed by atoms with Gasteiger partial charge in [0.05, 0.1) is 5.41 Å². The zero-order chi connectivity index (χ0) is 41.4. The standard InChI is InChI=1S/C59H41N3/c1-58(2)51-30-11-13-32-53(51)59(54-33-14-12-31-52(54)58)49-29-10-9-24-47(49)48-37-41(34-35-50(48)59)44-26-17-27-45-43(25-16-28-46(44)45)40-22-15-23-42(36-40)57-61-55(38-18-5-3-6-19-38)60-56(62-57)39-20-7-4-8-21-39/h3-37H,1-2H3. The molecule has 10 aromatic rings. The topological polar surface area (TPSA) is 38.7 Å². The fourth-order valence-corrected chi connectivity index (χ4v) is 10.6. The lowest BCUT2D eigenvalue weighted by atomic mass is 9.55. The summed E-state index contributed by atoms with van der Waals surface area (Å²) in [6, 6.07) is 76.9. The fourth-order valence-electron chi connectivity index (χ4n) is 10.6. The lowest BCUT2D eigenvalue weighted by Gasteiger charge is -2.46. The first-order valence-corrected chi connectivity index (χ1v) is 21.4. The van der Waals surface area contributed by atoms with Gasteiger partial charge in [0.1, 0.15) is 0 Å². The van der Waals surface area contributed by atoms with E-state index in [9.17, 15) is 0 Å². The summed E-state index contributed by atoms with van der Waals surface area (Å²) in [5, 5.41) is 2.41. The second-order valence-corrected chi connectivity index (χ2v) is 17.1. The molecule has 1 spiro atoms. The van der Waals surface area contributed by atoms with E-state index in [1.54, 1.807) is 0 Å². The molecule has 9 aromatic carbocycles. The summed E-state index contributed by atoms with van der Waals surface area (Å²) in [4.78, 5) is 15.0. The van der Waals surface area contributed by atoms with Crippen molar-refractivity contribution in [1.82, 2.24) is 15.0 Å². The summed E-state index contributed by atoms with van der Waals surface area (Å²) in [7, 11) is 0. The lowest BCUT2D eigenvalue weighted by Crippen LogP contribution is -2.40. The fraction of sp³-hybridized carbons (Fsp3) is 0.0678. The molecule has 62 heavy (non-hydrogen) atoms. The van der Waals surface area contributed by atoms with Crippen molar-refractivity contribution in [3.63, 3.8) is 0 Å². The van der Waals surface area contributed by atoms with Crippen molar-refractivity contribution in [3.8, 4) is 67.5 Å². The number of hydrogen-bond acceptors (Lipinski definition) is 3. The van der Waals surface area contributed by atoms with Gasteiger partial charge in [0.2, 0.25) is 0 Å². The van der Waals surface area contributed by atoms with E-state index in [4.69, 9.17) is 15.0 Å². The van der Waals surface area contributed by atoms with E-state index in [0.717, 1.165) is 27.8 Å². The van der Waals surface area contributed by atoms with E-state index in [2.05, 4.69) is 166 Å². The van der Waals surface area contributed by atoms with Crippen LogP contribution in [0, 0.1) is 0 Å². The van der Waals surface area contributed by atoms with Gasteiger partial charge in [-0.1, -0.05) is 214 Å². The minimum atomic E-state index is -0.410. The molecule has 0 fully saturated rings. The molecule has 292 valence electrons. The summed E-state index contributed by atoms with van der Waals surface area (Å²) in [6.07, 6.45) is 0. The minimum Gasteiger partial charge on any atom is -0.208 e. The van der Waals surface area contributed by atoms with Gasteiger partial charge in [-0.05, 0) is 89.7 Å². The second kappa shape index (κ2) is 13.9. The first-order chi connectivity index (χ1) is 30.5. The Kier molecular flexibility index (Phi) is 8.10. The van der Waals surface area contributed by atoms with Crippen molar-refractivity contribution in [2.45, 2.75) is 24.7 Å². The minimum absolute atomic E-state index is 0.127. The van der Waals surface area contributed by atoms with Gasteiger partial charge >= 0.3 is 0 Å². The zero-order valence-electron chi connectivity index (χ0n) is 34.5. The van der Waals surface area contributed by atoms with Crippen molar-refractivity contribution in [2.24, 2.45) is 0 Å². The number of benzene rings is 9. The molecule has 0 unspecified atom stereocenters. The van der Waals surface area contributed by atoms with Gasteiger partial charge in [0.15, 0.2) is 17.5 Å². The van der Waals surface area contributed by atoms with Crippen LogP contribution in [0.25, 0.3) is 78.3 Å². The largest absolute Gasteiger partial charge is 0.208 e. The SMILES string of the molecule is CC1(C)c2ccccc2C2(c3ccccc3-c3cc(-c4cccc5c(-c6cccc(-c7nc(-c8ccccc8)nc(-c8ccccc8)n7)c6)cccc45)ccc32)c2ccccc21. The van der Waals surface area contributed by atoms with Crippen LogP contribution in [0.5, 0.6) is 0 Å². The highest BCUT2D eigenvalue weighted by molar-refractivity contribution is 6.05. The molecule has 0 atom stereocenters. The predicted molar refractivity (Wildman–Crippen MR) is 254 cm³/mol. The van der Waals surface area contributed by atoms with E-state index in [1.165, 1.54) is 66.4 Å². The van der Waals surface area contributed by atoms with Gasteiger partial charge < -0.3 is 0 Å². The summed E-state index contributed by atoms with van der Waals surface area (Å²) < 4.78 is 0. The summed E-state index contributed by atoms with van der Waals surface area (Å²) in [6.45, 7) is 4.76. The average molecular weight is 792 g/mol. The molecule has 0 amide bonds. The monoisotopic (exact) mass is 791 g/mol. The summed E-state index contributed by atoms with van der Waals surface area (Å²) in [5.41, 5.74) is 17.8. The molecule has 1 heterocycles. The first kappa shape index (κ1) is 36.1. The zero-order valence-corrected chi connectivity index (χ0v) is 34.5. The van der Waals surface area contributed by atoms with E-state index < -0.39 is 5.41 Å². The highest BCUT2D eigenvalue weighted by Crippen LogP contribution is 2.62. The van der Waals surface area contributed by atoms with Gasteiger partial charge in [0.25, 0.3) is 0 Å². The molecule has 2 aliphatic rings. The van der Waals surface area contributed by atoms with Crippen LogP contribution in [0.15, 0.2) is 212 Å². The molecular weight excluding hydrogens is 751 g/mol. The Balaban J connectivity index is 0.995. The summed E-state index contributed by atoms with van der Waals surface area (Å²) >= 11 is 0. The van der Waals surface area contributed by atoms with E-state index in [0.29, 0.717) is 17.5 Å². The van der Waals surface area contributed by atoms with Crippen LogP contribution in [0.4, 0.5) is 0 Å². The number of rotatable bonds is 5. The van der Waals surface area contributed by atoms with Crippen molar-refractivity contribution in [1.29, 1.82) is 0 Å². The van der Waals surface area contributed by atoms with Crippen LogP contribution in [0.3, 0.4) is 0 Å². The second-order valence-electron chi connectivity index (χ2n) is 17.1. The maximum Gasteiger partial charge on any atom is 0.164 e. The third kappa shape index (κ3) is 5.34. The van der Waals surface area contributed by atoms with Crippen LogP contribution < -0.4 is 0 Å². The van der Waals surface area contributed by atoms with Crippen LogP contribution in [-0.2, 0) is 10.8 Å².